The van der Waals surface area contributed by atoms with Gasteiger partial charge in [-0.1, -0.05) is 115 Å². The van der Waals surface area contributed by atoms with E-state index < -0.39 is 28.7 Å². The first-order chi connectivity index (χ1) is 20.0. The fourth-order valence-corrected chi connectivity index (χ4v) is 6.01. The van der Waals surface area contributed by atoms with Crippen LogP contribution in [0, 0.1) is 0 Å². The molecule has 0 aliphatic carbocycles. The third kappa shape index (κ3) is 3.56. The summed E-state index contributed by atoms with van der Waals surface area (Å²) in [5.74, 6) is -4.24. The van der Waals surface area contributed by atoms with Crippen LogP contribution in [0.15, 0.2) is 115 Å². The zero-order valence-electron chi connectivity index (χ0n) is 21.7. The largest absolute Gasteiger partial charge is 0.504 e. The maximum Gasteiger partial charge on any atom is 0.208 e. The zero-order chi connectivity index (χ0) is 28.2. The van der Waals surface area contributed by atoms with Gasteiger partial charge in [-0.25, -0.2) is 0 Å². The molecule has 0 aliphatic rings. The summed E-state index contributed by atoms with van der Waals surface area (Å²) in [6.45, 7) is 0. The van der Waals surface area contributed by atoms with Crippen LogP contribution in [-0.4, -0.2) is 25.5 Å². The Morgan fingerprint density at radius 2 is 0.610 bits per heavy atom. The highest BCUT2D eigenvalue weighted by atomic mass is 16.4. The molecule has 7 rings (SSSR count). The standard InChI is InChI=1S/C36H24O5/c37-32-31(33(38)35(40)36(41)34(32)39)28-19-18-27(21-12-4-5-13-22(21)28)30-25-16-8-6-14-23(25)29(20-10-2-1-3-11-20)24-15-7-9-17-26(24)30/h1-19,37-41H. The van der Waals surface area contributed by atoms with Crippen LogP contribution in [0.25, 0.3) is 65.7 Å². The molecule has 41 heavy (non-hydrogen) atoms. The number of phenols is 5. The van der Waals surface area contributed by atoms with Crippen molar-refractivity contribution in [1.82, 2.24) is 0 Å². The highest BCUT2D eigenvalue weighted by molar-refractivity contribution is 6.24. The van der Waals surface area contributed by atoms with Crippen molar-refractivity contribution >= 4 is 32.3 Å². The highest BCUT2D eigenvalue weighted by Crippen LogP contribution is 2.56. The molecule has 7 aromatic carbocycles. The summed E-state index contributed by atoms with van der Waals surface area (Å²) in [6.07, 6.45) is 0. The lowest BCUT2D eigenvalue weighted by atomic mass is 9.83. The Bertz CT molecular complexity index is 2060. The Labute approximate surface area is 235 Å². The second kappa shape index (κ2) is 9.21. The van der Waals surface area contributed by atoms with E-state index in [9.17, 15) is 25.5 Å². The Hall–Kier alpha value is -5.68. The molecule has 5 N–H and O–H groups in total. The monoisotopic (exact) mass is 536 g/mol. The highest BCUT2D eigenvalue weighted by Gasteiger charge is 2.26. The smallest absolute Gasteiger partial charge is 0.208 e. The number of fused-ring (bicyclic) bond motifs is 3. The van der Waals surface area contributed by atoms with Crippen molar-refractivity contribution in [1.29, 1.82) is 0 Å². The lowest BCUT2D eigenvalue weighted by Crippen LogP contribution is -1.93. The molecule has 0 aromatic heterocycles. The van der Waals surface area contributed by atoms with Crippen molar-refractivity contribution in [3.63, 3.8) is 0 Å². The topological polar surface area (TPSA) is 101 Å². The third-order valence-electron chi connectivity index (χ3n) is 7.83. The van der Waals surface area contributed by atoms with E-state index in [-0.39, 0.29) is 5.56 Å². The van der Waals surface area contributed by atoms with E-state index in [1.54, 1.807) is 6.07 Å². The van der Waals surface area contributed by atoms with Crippen molar-refractivity contribution < 1.29 is 25.5 Å². The molecule has 7 aromatic rings. The SMILES string of the molecule is Oc1c(O)c(O)c(-c2ccc(-c3c4ccccc4c(-c4ccccc4)c4ccccc34)c3ccccc23)c(O)c1O. The van der Waals surface area contributed by atoms with Crippen LogP contribution >= 0.6 is 0 Å². The van der Waals surface area contributed by atoms with Crippen LogP contribution in [0.3, 0.4) is 0 Å². The van der Waals surface area contributed by atoms with Gasteiger partial charge in [-0.3, -0.25) is 0 Å². The molecule has 198 valence electrons. The van der Waals surface area contributed by atoms with Crippen LogP contribution in [0.4, 0.5) is 0 Å². The minimum atomic E-state index is -0.985. The summed E-state index contributed by atoms with van der Waals surface area (Å²) < 4.78 is 0. The van der Waals surface area contributed by atoms with E-state index in [1.165, 1.54) is 0 Å². The molecule has 0 heterocycles. The zero-order valence-corrected chi connectivity index (χ0v) is 21.7. The van der Waals surface area contributed by atoms with Gasteiger partial charge in [-0.2, -0.15) is 0 Å². The van der Waals surface area contributed by atoms with Gasteiger partial charge in [0.15, 0.2) is 11.5 Å². The molecule has 0 atom stereocenters. The summed E-state index contributed by atoms with van der Waals surface area (Å²) in [4.78, 5) is 0. The van der Waals surface area contributed by atoms with Gasteiger partial charge in [0.05, 0.1) is 5.56 Å². The minimum absolute atomic E-state index is 0.172. The average molecular weight is 537 g/mol. The van der Waals surface area contributed by atoms with Crippen molar-refractivity contribution in [2.75, 3.05) is 0 Å². The van der Waals surface area contributed by atoms with Crippen molar-refractivity contribution in [2.24, 2.45) is 0 Å². The first-order valence-electron chi connectivity index (χ1n) is 13.2. The Morgan fingerprint density at radius 3 is 1.07 bits per heavy atom. The molecule has 0 spiro atoms. The molecule has 0 saturated carbocycles. The van der Waals surface area contributed by atoms with Gasteiger partial charge < -0.3 is 25.5 Å². The molecule has 5 heteroatoms. The molecule has 5 nitrogen and oxygen atoms in total. The third-order valence-corrected chi connectivity index (χ3v) is 7.83. The molecule has 0 radical (unpaired) electrons. The van der Waals surface area contributed by atoms with Crippen molar-refractivity contribution in [3.8, 4) is 62.1 Å². The van der Waals surface area contributed by atoms with Crippen molar-refractivity contribution in [2.45, 2.75) is 0 Å². The van der Waals surface area contributed by atoms with E-state index in [1.807, 2.05) is 72.8 Å². The number of aromatic hydroxyl groups is 5. The van der Waals surface area contributed by atoms with E-state index in [2.05, 4.69) is 36.4 Å². The molecule has 0 unspecified atom stereocenters. The second-order valence-electron chi connectivity index (χ2n) is 10.0. The maximum absolute atomic E-state index is 10.7. The first kappa shape index (κ1) is 24.4. The predicted molar refractivity (Wildman–Crippen MR) is 164 cm³/mol. The molecule has 0 amide bonds. The minimum Gasteiger partial charge on any atom is -0.504 e. The fourth-order valence-electron chi connectivity index (χ4n) is 6.01. The number of phenolic OH excluding ortho intramolecular Hbond substituents is 5. The van der Waals surface area contributed by atoms with Crippen LogP contribution in [0.1, 0.15) is 0 Å². The molecule has 0 fully saturated rings. The predicted octanol–water partition coefficient (Wildman–Crippen LogP) is 8.68. The van der Waals surface area contributed by atoms with Crippen LogP contribution in [-0.2, 0) is 0 Å². The normalized spacial score (nSPS) is 11.4. The number of rotatable bonds is 3. The molecule has 0 saturated heterocycles. The fraction of sp³-hybridized carbons (Fsp3) is 0. The summed E-state index contributed by atoms with van der Waals surface area (Å²) in [5.41, 5.74) is 4.50. The van der Waals surface area contributed by atoms with Crippen LogP contribution in [0.2, 0.25) is 0 Å². The first-order valence-corrected chi connectivity index (χ1v) is 13.2. The van der Waals surface area contributed by atoms with E-state index >= 15 is 0 Å². The van der Waals surface area contributed by atoms with Gasteiger partial charge in [0, 0.05) is 0 Å². The number of hydrogen-bond donors (Lipinski definition) is 5. The Morgan fingerprint density at radius 1 is 0.268 bits per heavy atom. The number of benzene rings is 7. The lowest BCUT2D eigenvalue weighted by molar-refractivity contribution is 0.330. The number of hydrogen-bond acceptors (Lipinski definition) is 5. The average Bonchev–Trinajstić information content (AvgIpc) is 3.02. The van der Waals surface area contributed by atoms with Crippen LogP contribution < -0.4 is 0 Å². The molecule has 0 aliphatic heterocycles. The Kier molecular flexibility index (Phi) is 5.47. The summed E-state index contributed by atoms with van der Waals surface area (Å²) >= 11 is 0. The maximum atomic E-state index is 10.7. The van der Waals surface area contributed by atoms with Gasteiger partial charge in [-0.15, -0.1) is 0 Å². The lowest BCUT2D eigenvalue weighted by Gasteiger charge is -2.20. The molecule has 0 bridgehead atoms. The quantitative estimate of drug-likeness (QED) is 0.0884. The van der Waals surface area contributed by atoms with Gasteiger partial charge in [0.2, 0.25) is 17.2 Å². The van der Waals surface area contributed by atoms with Gasteiger partial charge >= 0.3 is 0 Å². The summed E-state index contributed by atoms with van der Waals surface area (Å²) in [5, 5.41) is 57.8. The van der Waals surface area contributed by atoms with E-state index in [4.69, 9.17) is 0 Å². The van der Waals surface area contributed by atoms with Gasteiger partial charge in [0.1, 0.15) is 0 Å². The van der Waals surface area contributed by atoms with Crippen LogP contribution in [0.5, 0.6) is 28.7 Å². The second-order valence-corrected chi connectivity index (χ2v) is 10.0. The Balaban J connectivity index is 1.61. The molecular weight excluding hydrogens is 512 g/mol. The van der Waals surface area contributed by atoms with E-state index in [0.29, 0.717) is 10.9 Å². The summed E-state index contributed by atoms with van der Waals surface area (Å²) in [6, 6.07) is 38.3. The van der Waals surface area contributed by atoms with E-state index in [0.717, 1.165) is 49.2 Å². The van der Waals surface area contributed by atoms with Gasteiger partial charge in [-0.05, 0) is 60.1 Å². The van der Waals surface area contributed by atoms with Gasteiger partial charge in [0.25, 0.3) is 0 Å². The van der Waals surface area contributed by atoms with Crippen molar-refractivity contribution in [3.05, 3.63) is 115 Å². The summed E-state index contributed by atoms with van der Waals surface area (Å²) in [7, 11) is 0. The molecular formula is C36H24O5.